The van der Waals surface area contributed by atoms with Crippen molar-refractivity contribution in [2.75, 3.05) is 5.73 Å². The van der Waals surface area contributed by atoms with Crippen LogP contribution in [0.2, 0.25) is 0 Å². The molecule has 0 heterocycles. The maximum Gasteiger partial charge on any atom is 0.291 e. The van der Waals surface area contributed by atoms with Crippen LogP contribution in [0.15, 0.2) is 24.3 Å². The summed E-state index contributed by atoms with van der Waals surface area (Å²) in [6.45, 7) is 0. The number of sulfonamides is 1. The monoisotopic (exact) mass is 200 g/mol. The van der Waals surface area contributed by atoms with Gasteiger partial charge in [-0.3, -0.25) is 4.79 Å². The van der Waals surface area contributed by atoms with Crippen LogP contribution in [0.4, 0.5) is 5.69 Å². The van der Waals surface area contributed by atoms with Crippen molar-refractivity contribution in [3.05, 3.63) is 29.8 Å². The molecule has 0 saturated carbocycles. The van der Waals surface area contributed by atoms with Crippen LogP contribution in [-0.2, 0) is 10.0 Å². The molecule has 13 heavy (non-hydrogen) atoms. The first-order chi connectivity index (χ1) is 5.91. The highest BCUT2D eigenvalue weighted by Gasteiger charge is 2.18. The van der Waals surface area contributed by atoms with Gasteiger partial charge in [-0.15, -0.1) is 0 Å². The minimum Gasteiger partial charge on any atom is -0.399 e. The van der Waals surface area contributed by atoms with Crippen molar-refractivity contribution in [3.8, 4) is 0 Å². The summed E-state index contributed by atoms with van der Waals surface area (Å²) in [6.07, 6.45) is 0. The van der Waals surface area contributed by atoms with E-state index in [1.54, 1.807) is 0 Å². The molecule has 0 spiro atoms. The largest absolute Gasteiger partial charge is 0.399 e. The highest BCUT2D eigenvalue weighted by molar-refractivity contribution is 8.04. The lowest BCUT2D eigenvalue weighted by atomic mass is 10.2. The molecule has 6 heteroatoms. The van der Waals surface area contributed by atoms with Crippen molar-refractivity contribution in [1.82, 2.24) is 0 Å². The average molecular weight is 200 g/mol. The molecule has 0 bridgehead atoms. The molecule has 1 rings (SSSR count). The van der Waals surface area contributed by atoms with Crippen molar-refractivity contribution in [2.24, 2.45) is 5.14 Å². The van der Waals surface area contributed by atoms with Gasteiger partial charge in [-0.1, -0.05) is 0 Å². The number of nitrogen functional groups attached to an aromatic ring is 1. The normalized spacial score (nSPS) is 11.2. The highest BCUT2D eigenvalue weighted by atomic mass is 32.2. The SMILES string of the molecule is Nc1ccc(C(=O)S(N)(=O)=O)cc1. The Hall–Kier alpha value is -1.40. The van der Waals surface area contributed by atoms with Gasteiger partial charge in [0.25, 0.3) is 15.1 Å². The molecular formula is C7H8N2O3S. The molecule has 0 unspecified atom stereocenters. The Kier molecular flexibility index (Phi) is 2.35. The molecule has 70 valence electrons. The molecule has 4 N–H and O–H groups in total. The first-order valence-electron chi connectivity index (χ1n) is 3.34. The van der Waals surface area contributed by atoms with E-state index in [-0.39, 0.29) is 5.56 Å². The van der Waals surface area contributed by atoms with E-state index in [0.717, 1.165) is 0 Å². The maximum absolute atomic E-state index is 11.0. The van der Waals surface area contributed by atoms with Crippen molar-refractivity contribution in [3.63, 3.8) is 0 Å². The Morgan fingerprint density at radius 3 is 2.00 bits per heavy atom. The molecular weight excluding hydrogens is 192 g/mol. The third kappa shape index (κ3) is 2.27. The van der Waals surface area contributed by atoms with E-state index in [9.17, 15) is 13.2 Å². The number of primary sulfonamides is 1. The third-order valence-electron chi connectivity index (χ3n) is 1.40. The second-order valence-corrected chi connectivity index (χ2v) is 3.92. The Balaban J connectivity index is 3.12. The quantitative estimate of drug-likeness (QED) is 0.607. The minimum absolute atomic E-state index is 0.0108. The third-order valence-corrected chi connectivity index (χ3v) is 2.16. The minimum atomic E-state index is -4.15. The fourth-order valence-corrected chi connectivity index (χ4v) is 1.25. The van der Waals surface area contributed by atoms with Crippen LogP contribution in [0.3, 0.4) is 0 Å². The van der Waals surface area contributed by atoms with E-state index >= 15 is 0 Å². The summed E-state index contributed by atoms with van der Waals surface area (Å²) in [5.74, 6) is 0. The summed E-state index contributed by atoms with van der Waals surface area (Å²) >= 11 is 0. The van der Waals surface area contributed by atoms with Crippen LogP contribution in [0.1, 0.15) is 10.4 Å². The van der Waals surface area contributed by atoms with Crippen LogP contribution < -0.4 is 10.9 Å². The summed E-state index contributed by atoms with van der Waals surface area (Å²) < 4.78 is 21.2. The molecule has 5 nitrogen and oxygen atoms in total. The molecule has 0 fully saturated rings. The molecule has 0 aliphatic rings. The standard InChI is InChI=1S/C7H8N2O3S/c8-6-3-1-5(2-4-6)7(10)13(9,11)12/h1-4H,8H2,(H2,9,11,12). The second kappa shape index (κ2) is 3.15. The molecule has 1 aromatic rings. The molecule has 0 radical (unpaired) electrons. The molecule has 0 amide bonds. The predicted octanol–water partition coefficient (Wildman–Crippen LogP) is -0.303. The lowest BCUT2D eigenvalue weighted by Crippen LogP contribution is -2.23. The molecule has 0 saturated heterocycles. The van der Waals surface area contributed by atoms with E-state index in [4.69, 9.17) is 5.73 Å². The first-order valence-corrected chi connectivity index (χ1v) is 4.88. The summed E-state index contributed by atoms with van der Waals surface area (Å²) in [6, 6.07) is 5.47. The number of rotatable bonds is 1. The number of anilines is 1. The summed E-state index contributed by atoms with van der Waals surface area (Å²) in [5.41, 5.74) is 5.80. The molecule has 0 atom stereocenters. The number of carbonyl (C=O) groups excluding carboxylic acids is 1. The number of nitrogens with two attached hydrogens (primary N) is 2. The van der Waals surface area contributed by atoms with E-state index in [1.165, 1.54) is 24.3 Å². The molecule has 0 aliphatic heterocycles. The van der Waals surface area contributed by atoms with Crippen molar-refractivity contribution in [2.45, 2.75) is 0 Å². The van der Waals surface area contributed by atoms with E-state index < -0.39 is 15.1 Å². The van der Waals surface area contributed by atoms with E-state index in [2.05, 4.69) is 5.14 Å². The zero-order valence-corrected chi connectivity index (χ0v) is 7.41. The van der Waals surface area contributed by atoms with Crippen LogP contribution in [-0.4, -0.2) is 13.5 Å². The lowest BCUT2D eigenvalue weighted by molar-refractivity contribution is 0.107. The maximum atomic E-state index is 11.0. The summed E-state index contributed by atoms with van der Waals surface area (Å²) in [7, 11) is -4.15. The average Bonchev–Trinajstić information content (AvgIpc) is 2.03. The van der Waals surface area contributed by atoms with E-state index in [1.807, 2.05) is 0 Å². The number of hydrogen-bond donors (Lipinski definition) is 2. The highest BCUT2D eigenvalue weighted by Crippen LogP contribution is 2.07. The van der Waals surface area contributed by atoms with Gasteiger partial charge in [-0.2, -0.15) is 0 Å². The van der Waals surface area contributed by atoms with Crippen LogP contribution >= 0.6 is 0 Å². The van der Waals surface area contributed by atoms with Gasteiger partial charge < -0.3 is 5.73 Å². The van der Waals surface area contributed by atoms with Crippen molar-refractivity contribution in [1.29, 1.82) is 0 Å². The topological polar surface area (TPSA) is 103 Å². The van der Waals surface area contributed by atoms with Gasteiger partial charge in [-0.25, -0.2) is 13.6 Å². The Labute approximate surface area is 75.4 Å². The van der Waals surface area contributed by atoms with Crippen LogP contribution in [0.25, 0.3) is 0 Å². The van der Waals surface area contributed by atoms with Gasteiger partial charge in [0.05, 0.1) is 0 Å². The number of carbonyl (C=O) groups is 1. The van der Waals surface area contributed by atoms with Gasteiger partial charge in [0.15, 0.2) is 0 Å². The zero-order valence-electron chi connectivity index (χ0n) is 6.60. The lowest BCUT2D eigenvalue weighted by Gasteiger charge is -1.97. The Bertz CT molecular complexity index is 422. The zero-order chi connectivity index (χ0) is 10.1. The van der Waals surface area contributed by atoms with Gasteiger partial charge in [0, 0.05) is 11.3 Å². The number of hydrogen-bond acceptors (Lipinski definition) is 4. The van der Waals surface area contributed by atoms with Crippen molar-refractivity contribution < 1.29 is 13.2 Å². The van der Waals surface area contributed by atoms with Gasteiger partial charge in [-0.05, 0) is 24.3 Å². The van der Waals surface area contributed by atoms with Gasteiger partial charge >= 0.3 is 0 Å². The van der Waals surface area contributed by atoms with Crippen LogP contribution in [0.5, 0.6) is 0 Å². The fraction of sp³-hybridized carbons (Fsp3) is 0. The molecule has 0 aliphatic carbocycles. The molecule has 1 aromatic carbocycles. The molecule has 0 aromatic heterocycles. The van der Waals surface area contributed by atoms with Gasteiger partial charge in [0.2, 0.25) is 0 Å². The first kappa shape index (κ1) is 9.69. The fourth-order valence-electron chi connectivity index (χ4n) is 0.783. The predicted molar refractivity (Wildman–Crippen MR) is 48.3 cm³/mol. The second-order valence-electron chi connectivity index (χ2n) is 2.45. The van der Waals surface area contributed by atoms with E-state index in [0.29, 0.717) is 5.69 Å². The Morgan fingerprint density at radius 2 is 1.62 bits per heavy atom. The van der Waals surface area contributed by atoms with Gasteiger partial charge in [0.1, 0.15) is 0 Å². The summed E-state index contributed by atoms with van der Waals surface area (Å²) in [4.78, 5) is 11.0. The smallest absolute Gasteiger partial charge is 0.291 e. The number of benzene rings is 1. The summed E-state index contributed by atoms with van der Waals surface area (Å²) in [5, 5.41) is 3.54. The Morgan fingerprint density at radius 1 is 1.15 bits per heavy atom. The van der Waals surface area contributed by atoms with Crippen LogP contribution in [0, 0.1) is 0 Å². The van der Waals surface area contributed by atoms with Crippen molar-refractivity contribution >= 4 is 20.8 Å².